The quantitative estimate of drug-likeness (QED) is 0.294. The molecule has 1 N–H and O–H groups in total. The van der Waals surface area contributed by atoms with Gasteiger partial charge in [0.15, 0.2) is 23.9 Å². The molecule has 9 nitrogen and oxygen atoms in total. The second kappa shape index (κ2) is 11.3. The van der Waals surface area contributed by atoms with Crippen LogP contribution in [0, 0.1) is 0 Å². The van der Waals surface area contributed by atoms with Crippen LogP contribution in [0.3, 0.4) is 0 Å². The van der Waals surface area contributed by atoms with Crippen molar-refractivity contribution in [1.82, 2.24) is 9.97 Å². The molecule has 4 rings (SSSR count). The number of aromatic nitrogens is 2. The van der Waals surface area contributed by atoms with Gasteiger partial charge in [-0.15, -0.1) is 0 Å². The minimum Gasteiger partial charge on any atom is -0.493 e. The number of carbonyl (C=O) groups excluding carboxylic acids is 2. The average Bonchev–Trinajstić information content (AvgIpc) is 2.91. The van der Waals surface area contributed by atoms with E-state index >= 15 is 0 Å². The molecule has 0 spiro atoms. The van der Waals surface area contributed by atoms with Crippen molar-refractivity contribution in [2.45, 2.75) is 0 Å². The van der Waals surface area contributed by atoms with Gasteiger partial charge in [0.25, 0.3) is 5.91 Å². The Hall–Kier alpha value is -4.08. The van der Waals surface area contributed by atoms with Crippen molar-refractivity contribution < 1.29 is 28.5 Å². The van der Waals surface area contributed by atoms with Gasteiger partial charge in [-0.1, -0.05) is 41.4 Å². The van der Waals surface area contributed by atoms with E-state index in [1.54, 1.807) is 42.5 Å². The summed E-state index contributed by atoms with van der Waals surface area (Å²) in [5.41, 5.74) is 1.87. The highest BCUT2D eigenvalue weighted by Gasteiger charge is 2.20. The van der Waals surface area contributed by atoms with Crippen LogP contribution in [0.25, 0.3) is 22.2 Å². The number of rotatable bonds is 8. The van der Waals surface area contributed by atoms with Gasteiger partial charge in [-0.05, 0) is 30.3 Å². The Morgan fingerprint density at radius 3 is 2.30 bits per heavy atom. The molecule has 0 radical (unpaired) electrons. The SMILES string of the molecule is COc1cc(-c2cc(C(=O)OCC(=O)Nc3ncc(Cl)cc3Cl)c3ccccc3n2)cc(OC)c1OC. The van der Waals surface area contributed by atoms with E-state index in [2.05, 4.69) is 15.3 Å². The van der Waals surface area contributed by atoms with Crippen LogP contribution in [0.15, 0.2) is 54.7 Å². The van der Waals surface area contributed by atoms with Crippen molar-refractivity contribution in [3.8, 4) is 28.5 Å². The largest absolute Gasteiger partial charge is 0.493 e. The summed E-state index contributed by atoms with van der Waals surface area (Å²) in [6.45, 7) is -0.560. The van der Waals surface area contributed by atoms with Crippen molar-refractivity contribution in [1.29, 1.82) is 0 Å². The van der Waals surface area contributed by atoms with Gasteiger partial charge >= 0.3 is 5.97 Å². The van der Waals surface area contributed by atoms with Crippen molar-refractivity contribution >= 4 is 51.8 Å². The van der Waals surface area contributed by atoms with Gasteiger partial charge in [0.1, 0.15) is 0 Å². The molecule has 2 heterocycles. The summed E-state index contributed by atoms with van der Waals surface area (Å²) < 4.78 is 21.6. The molecule has 0 aliphatic carbocycles. The highest BCUT2D eigenvalue weighted by molar-refractivity contribution is 6.36. The zero-order chi connectivity index (χ0) is 26.5. The molecule has 0 aliphatic rings. The molecule has 37 heavy (non-hydrogen) atoms. The van der Waals surface area contributed by atoms with Crippen molar-refractivity contribution in [3.05, 3.63) is 70.3 Å². The molecule has 190 valence electrons. The summed E-state index contributed by atoms with van der Waals surface area (Å²) >= 11 is 11.9. The number of fused-ring (bicyclic) bond motifs is 1. The first-order chi connectivity index (χ1) is 17.8. The molecule has 0 saturated heterocycles. The molecule has 0 saturated carbocycles. The lowest BCUT2D eigenvalue weighted by Crippen LogP contribution is -2.21. The minimum absolute atomic E-state index is 0.103. The van der Waals surface area contributed by atoms with Crippen LogP contribution in [0.4, 0.5) is 5.82 Å². The van der Waals surface area contributed by atoms with E-state index in [4.69, 9.17) is 42.1 Å². The zero-order valence-corrected chi connectivity index (χ0v) is 21.5. The number of ether oxygens (including phenoxy) is 4. The maximum atomic E-state index is 13.1. The summed E-state index contributed by atoms with van der Waals surface area (Å²) in [5, 5.41) is 3.52. The maximum absolute atomic E-state index is 13.1. The maximum Gasteiger partial charge on any atom is 0.339 e. The molecule has 0 bridgehead atoms. The van der Waals surface area contributed by atoms with Crippen molar-refractivity contribution in [2.24, 2.45) is 0 Å². The third-order valence-electron chi connectivity index (χ3n) is 5.30. The Bertz CT molecular complexity index is 1470. The fourth-order valence-electron chi connectivity index (χ4n) is 3.60. The minimum atomic E-state index is -0.711. The fourth-order valence-corrected chi connectivity index (χ4v) is 4.03. The Morgan fingerprint density at radius 2 is 1.65 bits per heavy atom. The number of methoxy groups -OCH3 is 3. The molecule has 0 aliphatic heterocycles. The molecule has 2 aromatic carbocycles. The van der Waals surface area contributed by atoms with Crippen LogP contribution < -0.4 is 19.5 Å². The first-order valence-corrected chi connectivity index (χ1v) is 11.6. The number of nitrogens with zero attached hydrogens (tertiary/aromatic N) is 2. The second-order valence-corrected chi connectivity index (χ2v) is 8.44. The Balaban J connectivity index is 1.64. The average molecular weight is 542 g/mol. The molecule has 0 atom stereocenters. The van der Waals surface area contributed by atoms with E-state index in [9.17, 15) is 9.59 Å². The Labute approximate surface area is 222 Å². The van der Waals surface area contributed by atoms with Crippen molar-refractivity contribution in [3.63, 3.8) is 0 Å². The van der Waals surface area contributed by atoms with Gasteiger partial charge in [-0.3, -0.25) is 4.79 Å². The summed E-state index contributed by atoms with van der Waals surface area (Å²) in [4.78, 5) is 34.1. The topological polar surface area (TPSA) is 109 Å². The second-order valence-electron chi connectivity index (χ2n) is 7.59. The molecule has 1 amide bonds. The van der Waals surface area contributed by atoms with Gasteiger partial charge in [0.05, 0.1) is 48.1 Å². The van der Waals surface area contributed by atoms with E-state index in [-0.39, 0.29) is 16.4 Å². The highest BCUT2D eigenvalue weighted by Crippen LogP contribution is 2.41. The molecular weight excluding hydrogens is 521 g/mol. The van der Waals surface area contributed by atoms with E-state index in [0.717, 1.165) is 0 Å². The Kier molecular flexibility index (Phi) is 7.95. The summed E-state index contributed by atoms with van der Waals surface area (Å²) in [5.74, 6) is 0.0664. The number of hydrogen-bond donors (Lipinski definition) is 1. The number of nitrogens with one attached hydrogen (secondary N) is 1. The molecule has 4 aromatic rings. The van der Waals surface area contributed by atoms with Crippen LogP contribution >= 0.6 is 23.2 Å². The van der Waals surface area contributed by atoms with Crippen LogP contribution in [-0.4, -0.2) is 49.8 Å². The predicted octanol–water partition coefficient (Wildman–Crippen LogP) is 5.42. The van der Waals surface area contributed by atoms with Crippen molar-refractivity contribution in [2.75, 3.05) is 33.3 Å². The number of benzene rings is 2. The van der Waals surface area contributed by atoms with E-state index in [1.807, 2.05) is 0 Å². The number of hydrogen-bond acceptors (Lipinski definition) is 8. The number of anilines is 1. The lowest BCUT2D eigenvalue weighted by atomic mass is 10.0. The Morgan fingerprint density at radius 1 is 0.946 bits per heavy atom. The van der Waals surface area contributed by atoms with Gasteiger partial charge in [0.2, 0.25) is 5.75 Å². The smallest absolute Gasteiger partial charge is 0.339 e. The molecular formula is C26H21Cl2N3O6. The standard InChI is InChI=1S/C26H21Cl2N3O6/c1-34-21-8-14(9-22(35-2)24(21)36-3)20-11-17(16-6-4-5-7-19(16)30-20)26(33)37-13-23(32)31-25-18(28)10-15(27)12-29-25/h4-12H,13H2,1-3H3,(H,29,31,32). The third-order valence-corrected chi connectivity index (χ3v) is 5.79. The van der Waals surface area contributed by atoms with Crippen LogP contribution in [-0.2, 0) is 9.53 Å². The summed E-state index contributed by atoms with van der Waals surface area (Å²) in [7, 11) is 4.53. The van der Waals surface area contributed by atoms with Crippen LogP contribution in [0.2, 0.25) is 10.0 Å². The molecule has 11 heteroatoms. The summed E-state index contributed by atoms with van der Waals surface area (Å²) in [6.07, 6.45) is 1.34. The predicted molar refractivity (Wildman–Crippen MR) is 140 cm³/mol. The first kappa shape index (κ1) is 26.0. The van der Waals surface area contributed by atoms with E-state index in [0.29, 0.717) is 44.4 Å². The van der Waals surface area contributed by atoms with Crippen LogP contribution in [0.5, 0.6) is 17.2 Å². The fraction of sp³-hybridized carbons (Fsp3) is 0.154. The number of halogens is 2. The number of esters is 1. The van der Waals surface area contributed by atoms with Crippen LogP contribution in [0.1, 0.15) is 10.4 Å². The van der Waals surface area contributed by atoms with E-state index in [1.165, 1.54) is 33.6 Å². The number of para-hydroxylation sites is 1. The summed E-state index contributed by atoms with van der Waals surface area (Å²) in [6, 6.07) is 13.6. The number of amides is 1. The lowest BCUT2D eigenvalue weighted by Gasteiger charge is -2.15. The molecule has 2 aromatic heterocycles. The number of pyridine rings is 2. The van der Waals surface area contributed by atoms with Gasteiger partial charge < -0.3 is 24.3 Å². The lowest BCUT2D eigenvalue weighted by molar-refractivity contribution is -0.119. The zero-order valence-electron chi connectivity index (χ0n) is 20.0. The van der Waals surface area contributed by atoms with E-state index < -0.39 is 18.5 Å². The normalized spacial score (nSPS) is 10.6. The van der Waals surface area contributed by atoms with Gasteiger partial charge in [-0.2, -0.15) is 0 Å². The first-order valence-electron chi connectivity index (χ1n) is 10.8. The monoisotopic (exact) mass is 541 g/mol. The molecule has 0 fully saturated rings. The number of carbonyl (C=O) groups is 2. The highest BCUT2D eigenvalue weighted by atomic mass is 35.5. The van der Waals surface area contributed by atoms with Gasteiger partial charge in [-0.25, -0.2) is 14.8 Å². The van der Waals surface area contributed by atoms with Gasteiger partial charge in [0, 0.05) is 17.1 Å². The molecule has 0 unspecified atom stereocenters. The third kappa shape index (κ3) is 5.68.